The van der Waals surface area contributed by atoms with Crippen molar-refractivity contribution in [2.24, 2.45) is 5.10 Å². The highest BCUT2D eigenvalue weighted by molar-refractivity contribution is 9.10. The van der Waals surface area contributed by atoms with Gasteiger partial charge in [-0.25, -0.2) is 4.98 Å². The molecule has 0 aliphatic carbocycles. The van der Waals surface area contributed by atoms with Crippen LogP contribution in [0.3, 0.4) is 0 Å². The highest BCUT2D eigenvalue weighted by atomic mass is 79.9. The minimum Gasteiger partial charge on any atom is -0.267 e. The number of rotatable bonds is 2. The van der Waals surface area contributed by atoms with Gasteiger partial charge in [-0.1, -0.05) is 39.7 Å². The molecule has 0 aliphatic heterocycles. The van der Waals surface area contributed by atoms with Crippen LogP contribution >= 0.6 is 27.5 Å². The average Bonchev–Trinajstić information content (AvgIpc) is 2.50. The van der Waals surface area contributed by atoms with Gasteiger partial charge in [-0.15, -0.1) is 0 Å². The third kappa shape index (κ3) is 2.96. The van der Waals surface area contributed by atoms with E-state index in [4.69, 9.17) is 11.6 Å². The van der Waals surface area contributed by atoms with Crippen molar-refractivity contribution in [2.45, 2.75) is 6.92 Å². The maximum Gasteiger partial charge on any atom is 0.282 e. The fourth-order valence-electron chi connectivity index (χ4n) is 2.07. The number of aryl methyl sites for hydroxylation is 1. The number of halogens is 2. The van der Waals surface area contributed by atoms with Gasteiger partial charge >= 0.3 is 0 Å². The molecule has 22 heavy (non-hydrogen) atoms. The Balaban J connectivity index is 2.10. The Kier molecular flexibility index (Phi) is 4.09. The maximum absolute atomic E-state index is 12.5. The molecular weight excluding hydrogens is 366 g/mol. The Morgan fingerprint density at radius 1 is 1.23 bits per heavy atom. The molecule has 0 N–H and O–H groups in total. The van der Waals surface area contributed by atoms with E-state index in [2.05, 4.69) is 26.0 Å². The fraction of sp³-hybridized carbons (Fsp3) is 0.0625. The molecule has 6 heteroatoms. The van der Waals surface area contributed by atoms with Gasteiger partial charge in [-0.2, -0.15) is 9.78 Å². The number of aromatic nitrogens is 2. The zero-order chi connectivity index (χ0) is 15.7. The zero-order valence-electron chi connectivity index (χ0n) is 11.6. The predicted octanol–water partition coefficient (Wildman–Crippen LogP) is 4.00. The van der Waals surface area contributed by atoms with Crippen molar-refractivity contribution in [3.63, 3.8) is 0 Å². The van der Waals surface area contributed by atoms with E-state index in [1.54, 1.807) is 31.3 Å². The summed E-state index contributed by atoms with van der Waals surface area (Å²) in [6, 6.07) is 12.7. The predicted molar refractivity (Wildman–Crippen MR) is 92.9 cm³/mol. The van der Waals surface area contributed by atoms with Crippen LogP contribution in [0.1, 0.15) is 11.4 Å². The lowest BCUT2D eigenvalue weighted by Crippen LogP contribution is -2.20. The Bertz CT molecular complexity index is 933. The van der Waals surface area contributed by atoms with Gasteiger partial charge < -0.3 is 0 Å². The summed E-state index contributed by atoms with van der Waals surface area (Å²) in [5, 5.41) is 5.19. The molecule has 0 atom stereocenters. The van der Waals surface area contributed by atoms with Crippen LogP contribution < -0.4 is 5.56 Å². The van der Waals surface area contributed by atoms with Crippen molar-refractivity contribution < 1.29 is 0 Å². The first-order valence-corrected chi connectivity index (χ1v) is 7.70. The summed E-state index contributed by atoms with van der Waals surface area (Å²) in [7, 11) is 0. The minimum absolute atomic E-state index is 0.238. The highest BCUT2D eigenvalue weighted by Gasteiger charge is 2.07. The van der Waals surface area contributed by atoms with Gasteiger partial charge in [0.1, 0.15) is 5.82 Å². The molecule has 0 bridgehead atoms. The smallest absolute Gasteiger partial charge is 0.267 e. The normalized spacial score (nSPS) is 11.4. The van der Waals surface area contributed by atoms with Gasteiger partial charge in [0.15, 0.2) is 0 Å². The van der Waals surface area contributed by atoms with Crippen molar-refractivity contribution in [1.29, 1.82) is 0 Å². The fourth-order valence-corrected chi connectivity index (χ4v) is 2.51. The molecule has 110 valence electrons. The van der Waals surface area contributed by atoms with Crippen LogP contribution in [-0.4, -0.2) is 15.9 Å². The second kappa shape index (κ2) is 6.02. The molecule has 3 rings (SSSR count). The second-order valence-corrected chi connectivity index (χ2v) is 6.09. The lowest BCUT2D eigenvalue weighted by Gasteiger charge is -2.05. The number of hydrogen-bond acceptors (Lipinski definition) is 3. The monoisotopic (exact) mass is 375 g/mol. The summed E-state index contributed by atoms with van der Waals surface area (Å²) in [6.07, 6.45) is 1.62. The molecule has 0 fully saturated rings. The van der Waals surface area contributed by atoms with Crippen LogP contribution in [0.25, 0.3) is 10.9 Å². The van der Waals surface area contributed by atoms with Crippen molar-refractivity contribution in [1.82, 2.24) is 9.66 Å². The molecule has 0 spiro atoms. The summed E-state index contributed by atoms with van der Waals surface area (Å²) < 4.78 is 2.26. The quantitative estimate of drug-likeness (QED) is 0.635. The van der Waals surface area contributed by atoms with E-state index >= 15 is 0 Å². The Labute approximate surface area is 140 Å². The minimum atomic E-state index is -0.238. The molecular formula is C16H11BrClN3O. The van der Waals surface area contributed by atoms with Crippen LogP contribution in [-0.2, 0) is 0 Å². The molecule has 4 nitrogen and oxygen atoms in total. The van der Waals surface area contributed by atoms with Gasteiger partial charge in [-0.3, -0.25) is 4.79 Å². The van der Waals surface area contributed by atoms with Crippen molar-refractivity contribution >= 4 is 44.6 Å². The number of fused-ring (bicyclic) bond motifs is 1. The summed E-state index contributed by atoms with van der Waals surface area (Å²) in [4.78, 5) is 16.9. The van der Waals surface area contributed by atoms with Gasteiger partial charge in [0.25, 0.3) is 5.56 Å². The van der Waals surface area contributed by atoms with E-state index in [0.29, 0.717) is 21.7 Å². The van der Waals surface area contributed by atoms with Gasteiger partial charge in [0.05, 0.1) is 17.1 Å². The zero-order valence-corrected chi connectivity index (χ0v) is 14.0. The van der Waals surface area contributed by atoms with E-state index in [1.807, 2.05) is 24.3 Å². The summed E-state index contributed by atoms with van der Waals surface area (Å²) in [5.41, 5.74) is 1.26. The molecule has 0 unspecified atom stereocenters. The Hall–Kier alpha value is -1.98. The number of hydrogen-bond donors (Lipinski definition) is 0. The topological polar surface area (TPSA) is 47.2 Å². The van der Waals surface area contributed by atoms with Gasteiger partial charge in [0.2, 0.25) is 0 Å². The molecule has 0 radical (unpaired) electrons. The molecule has 0 saturated heterocycles. The summed E-state index contributed by atoms with van der Waals surface area (Å²) >= 11 is 9.33. The maximum atomic E-state index is 12.5. The second-order valence-electron chi connectivity index (χ2n) is 4.73. The standard InChI is InChI=1S/C16H11BrClN3O/c1-10-20-15-7-6-13(18)8-14(15)16(22)21(10)19-9-11-2-4-12(17)5-3-11/h2-9H,1H3/b19-9+. The van der Waals surface area contributed by atoms with Gasteiger partial charge in [-0.05, 0) is 42.8 Å². The highest BCUT2D eigenvalue weighted by Crippen LogP contribution is 2.15. The van der Waals surface area contributed by atoms with Crippen LogP contribution in [0.2, 0.25) is 5.02 Å². The van der Waals surface area contributed by atoms with E-state index in [9.17, 15) is 4.79 Å². The third-order valence-corrected chi connectivity index (χ3v) is 3.93. The SMILES string of the molecule is Cc1nc2ccc(Cl)cc2c(=O)n1/N=C/c1ccc(Br)cc1. The van der Waals surface area contributed by atoms with Crippen LogP contribution in [0.15, 0.2) is 56.8 Å². The van der Waals surface area contributed by atoms with Crippen LogP contribution in [0.5, 0.6) is 0 Å². The molecule has 3 aromatic rings. The molecule has 2 aromatic carbocycles. The van der Waals surface area contributed by atoms with E-state index < -0.39 is 0 Å². The van der Waals surface area contributed by atoms with Crippen LogP contribution in [0, 0.1) is 6.92 Å². The van der Waals surface area contributed by atoms with Crippen LogP contribution in [0.4, 0.5) is 0 Å². The lowest BCUT2D eigenvalue weighted by molar-refractivity contribution is 0.771. The first-order chi connectivity index (χ1) is 10.5. The first kappa shape index (κ1) is 14.9. The Morgan fingerprint density at radius 2 is 1.95 bits per heavy atom. The van der Waals surface area contributed by atoms with E-state index in [0.717, 1.165) is 10.0 Å². The number of benzene rings is 2. The third-order valence-electron chi connectivity index (χ3n) is 3.16. The molecule has 1 aromatic heterocycles. The average molecular weight is 377 g/mol. The van der Waals surface area contributed by atoms with Crippen molar-refractivity contribution in [3.8, 4) is 0 Å². The largest absolute Gasteiger partial charge is 0.282 e. The molecule has 0 aliphatic rings. The summed E-state index contributed by atoms with van der Waals surface area (Å²) in [6.45, 7) is 1.74. The van der Waals surface area contributed by atoms with E-state index in [1.165, 1.54) is 4.68 Å². The lowest BCUT2D eigenvalue weighted by atomic mass is 10.2. The van der Waals surface area contributed by atoms with Gasteiger partial charge in [0, 0.05) is 9.50 Å². The van der Waals surface area contributed by atoms with E-state index in [-0.39, 0.29) is 5.56 Å². The van der Waals surface area contributed by atoms with Crippen molar-refractivity contribution in [3.05, 3.63) is 73.7 Å². The summed E-state index contributed by atoms with van der Waals surface area (Å²) in [5.74, 6) is 0.521. The Morgan fingerprint density at radius 3 is 2.68 bits per heavy atom. The molecule has 0 saturated carbocycles. The number of nitrogens with zero attached hydrogens (tertiary/aromatic N) is 3. The molecule has 0 amide bonds. The molecule has 1 heterocycles. The van der Waals surface area contributed by atoms with Crippen molar-refractivity contribution in [2.75, 3.05) is 0 Å². The first-order valence-electron chi connectivity index (χ1n) is 6.53.